The molecule has 0 fully saturated rings. The van der Waals surface area contributed by atoms with Crippen LogP contribution >= 0.6 is 11.3 Å². The van der Waals surface area contributed by atoms with Crippen LogP contribution in [0.5, 0.6) is 0 Å². The Morgan fingerprint density at radius 2 is 2.07 bits per heavy atom. The standard InChI is InChI=1S/C10H6N3S.Pt/c1-2-4-8-7(3-1)12-10(13-8)9-5-14-6-11-9;/h1-6H;/q-1;. The van der Waals surface area contributed by atoms with Crippen molar-refractivity contribution in [3.05, 3.63) is 35.2 Å². The maximum Gasteiger partial charge on any atom is 0.0798 e. The van der Waals surface area contributed by atoms with Crippen molar-refractivity contribution < 1.29 is 21.1 Å². The molecule has 0 saturated heterocycles. The molecule has 3 nitrogen and oxygen atoms in total. The van der Waals surface area contributed by atoms with Gasteiger partial charge in [-0.3, -0.25) is 0 Å². The van der Waals surface area contributed by atoms with E-state index in [2.05, 4.69) is 15.0 Å². The van der Waals surface area contributed by atoms with Gasteiger partial charge in [0.2, 0.25) is 0 Å². The number of rotatable bonds is 1. The van der Waals surface area contributed by atoms with E-state index in [9.17, 15) is 0 Å². The quantitative estimate of drug-likeness (QED) is 0.635. The van der Waals surface area contributed by atoms with Crippen LogP contribution in [0.15, 0.2) is 35.2 Å². The Hall–Kier alpha value is -0.992. The molecule has 0 bridgehead atoms. The summed E-state index contributed by atoms with van der Waals surface area (Å²) in [6.07, 6.45) is 0. The first-order valence-electron chi connectivity index (χ1n) is 4.21. The van der Waals surface area contributed by atoms with E-state index in [1.807, 2.05) is 29.6 Å². The molecular weight excluding hydrogens is 389 g/mol. The number of hydrogen-bond acceptors (Lipinski definition) is 3. The van der Waals surface area contributed by atoms with Crippen LogP contribution in [0.3, 0.4) is 0 Å². The molecule has 2 aromatic heterocycles. The molecule has 3 rings (SSSR count). The molecule has 0 radical (unpaired) electrons. The van der Waals surface area contributed by atoms with Crippen LogP contribution in [-0.4, -0.2) is 9.97 Å². The largest absolute Gasteiger partial charge is 0.434 e. The average Bonchev–Trinajstić information content (AvgIpc) is 2.86. The number of benzene rings is 1. The number of para-hydroxylation sites is 2. The first-order chi connectivity index (χ1) is 6.93. The molecule has 0 unspecified atom stereocenters. The van der Waals surface area contributed by atoms with Crippen LogP contribution in [0.4, 0.5) is 0 Å². The van der Waals surface area contributed by atoms with Crippen molar-refractivity contribution in [2.75, 3.05) is 0 Å². The molecule has 2 heterocycles. The van der Waals surface area contributed by atoms with Gasteiger partial charge in [-0.2, -0.15) is 0 Å². The van der Waals surface area contributed by atoms with Crippen LogP contribution in [0, 0.1) is 0 Å². The summed E-state index contributed by atoms with van der Waals surface area (Å²) in [5.41, 5.74) is 4.49. The van der Waals surface area contributed by atoms with Gasteiger partial charge in [0.05, 0.1) is 11.2 Å². The van der Waals surface area contributed by atoms with Gasteiger partial charge in [-0.25, -0.2) is 4.98 Å². The molecule has 0 N–H and O–H groups in total. The van der Waals surface area contributed by atoms with Gasteiger partial charge in [-0.15, -0.1) is 11.3 Å². The third kappa shape index (κ3) is 1.87. The minimum absolute atomic E-state index is 0. The summed E-state index contributed by atoms with van der Waals surface area (Å²) in [5.74, 6) is 0.715. The summed E-state index contributed by atoms with van der Waals surface area (Å²) >= 11 is 1.55. The topological polar surface area (TPSA) is 39.9 Å². The van der Waals surface area contributed by atoms with E-state index in [0.717, 1.165) is 16.7 Å². The van der Waals surface area contributed by atoms with Gasteiger partial charge >= 0.3 is 0 Å². The molecule has 15 heavy (non-hydrogen) atoms. The smallest absolute Gasteiger partial charge is 0.0798 e. The van der Waals surface area contributed by atoms with Crippen molar-refractivity contribution in [2.24, 2.45) is 0 Å². The first-order valence-corrected chi connectivity index (χ1v) is 5.16. The van der Waals surface area contributed by atoms with Crippen molar-refractivity contribution in [1.82, 2.24) is 15.0 Å². The maximum atomic E-state index is 4.39. The molecular formula is C10H6N3PtS-. The Kier molecular flexibility index (Phi) is 2.98. The summed E-state index contributed by atoms with van der Waals surface area (Å²) in [6, 6.07) is 7.83. The molecule has 0 atom stereocenters. The van der Waals surface area contributed by atoms with E-state index in [4.69, 9.17) is 0 Å². The van der Waals surface area contributed by atoms with Crippen LogP contribution < -0.4 is 4.98 Å². The van der Waals surface area contributed by atoms with Crippen molar-refractivity contribution in [3.63, 3.8) is 0 Å². The van der Waals surface area contributed by atoms with Gasteiger partial charge in [-0.05, 0) is 16.9 Å². The molecule has 1 aromatic carbocycles. The molecule has 0 aliphatic rings. The van der Waals surface area contributed by atoms with E-state index >= 15 is 0 Å². The van der Waals surface area contributed by atoms with Gasteiger partial charge < -0.3 is 9.97 Å². The van der Waals surface area contributed by atoms with Gasteiger partial charge in [0.1, 0.15) is 0 Å². The average molecular weight is 395 g/mol. The zero-order valence-corrected chi connectivity index (χ0v) is 10.6. The Bertz CT molecular complexity index is 526. The zero-order chi connectivity index (χ0) is 9.38. The van der Waals surface area contributed by atoms with Crippen molar-refractivity contribution >= 4 is 22.4 Å². The summed E-state index contributed by atoms with van der Waals surface area (Å²) < 4.78 is 0. The first kappa shape index (κ1) is 10.5. The number of fused-ring (bicyclic) bond motifs is 1. The number of thiazole rings is 1. The second kappa shape index (κ2) is 4.25. The minimum atomic E-state index is 0. The van der Waals surface area contributed by atoms with E-state index in [0.29, 0.717) is 5.82 Å². The van der Waals surface area contributed by atoms with Gasteiger partial charge in [-0.1, -0.05) is 24.3 Å². The Balaban J connectivity index is 0.000000853. The fourth-order valence-electron chi connectivity index (χ4n) is 1.34. The number of nitrogens with zero attached hydrogens (tertiary/aromatic N) is 3. The molecule has 0 spiro atoms. The third-order valence-corrected chi connectivity index (χ3v) is 2.58. The van der Waals surface area contributed by atoms with E-state index < -0.39 is 0 Å². The number of aromatic nitrogens is 3. The summed E-state index contributed by atoms with van der Waals surface area (Å²) in [7, 11) is 0. The fraction of sp³-hybridized carbons (Fsp3) is 0. The Morgan fingerprint density at radius 1 is 1.20 bits per heavy atom. The summed E-state index contributed by atoms with van der Waals surface area (Å²) in [4.78, 5) is 13.0. The summed E-state index contributed by atoms with van der Waals surface area (Å²) in [6.45, 7) is 0. The summed E-state index contributed by atoms with van der Waals surface area (Å²) in [5, 5.41) is 1.95. The van der Waals surface area contributed by atoms with Crippen LogP contribution in [0.1, 0.15) is 0 Å². The molecule has 3 aromatic rings. The molecule has 0 aliphatic carbocycles. The number of imidazole rings is 1. The molecule has 0 aliphatic heterocycles. The predicted octanol–water partition coefficient (Wildman–Crippen LogP) is 2.31. The maximum absolute atomic E-state index is 4.39. The molecule has 5 heteroatoms. The molecule has 0 amide bonds. The van der Waals surface area contributed by atoms with Gasteiger partial charge in [0.25, 0.3) is 0 Å². The zero-order valence-electron chi connectivity index (χ0n) is 7.53. The molecule has 0 saturated carbocycles. The fourth-order valence-corrected chi connectivity index (χ4v) is 1.87. The number of hydrogen-bond donors (Lipinski definition) is 0. The Labute approximate surface area is 105 Å². The normalized spacial score (nSPS) is 10.1. The predicted molar refractivity (Wildman–Crippen MR) is 56.2 cm³/mol. The van der Waals surface area contributed by atoms with Crippen molar-refractivity contribution in [3.8, 4) is 11.5 Å². The van der Waals surface area contributed by atoms with E-state index in [1.54, 1.807) is 16.8 Å². The second-order valence-electron chi connectivity index (χ2n) is 2.91. The Morgan fingerprint density at radius 3 is 2.80 bits per heavy atom. The van der Waals surface area contributed by atoms with Crippen LogP contribution in [0.25, 0.3) is 22.6 Å². The van der Waals surface area contributed by atoms with E-state index in [1.165, 1.54) is 0 Å². The second-order valence-corrected chi connectivity index (χ2v) is 3.63. The monoisotopic (exact) mass is 395 g/mol. The SMILES string of the molecule is [Pt].c1ccc2[n-]c(-c3cscn3)nc2c1. The minimum Gasteiger partial charge on any atom is -0.434 e. The van der Waals surface area contributed by atoms with Crippen molar-refractivity contribution in [1.29, 1.82) is 0 Å². The van der Waals surface area contributed by atoms with Gasteiger partial charge in [0, 0.05) is 26.4 Å². The van der Waals surface area contributed by atoms with E-state index in [-0.39, 0.29) is 21.1 Å². The van der Waals surface area contributed by atoms with Crippen LogP contribution in [-0.2, 0) is 21.1 Å². The molecule has 78 valence electrons. The van der Waals surface area contributed by atoms with Crippen LogP contribution in [0.2, 0.25) is 0 Å². The van der Waals surface area contributed by atoms with Crippen molar-refractivity contribution in [2.45, 2.75) is 0 Å². The third-order valence-electron chi connectivity index (χ3n) is 2.00. The van der Waals surface area contributed by atoms with Gasteiger partial charge in [0.15, 0.2) is 0 Å².